The van der Waals surface area contributed by atoms with E-state index in [0.29, 0.717) is 0 Å². The third-order valence-corrected chi connectivity index (χ3v) is 2.59. The van der Waals surface area contributed by atoms with E-state index in [1.165, 1.54) is 5.69 Å². The van der Waals surface area contributed by atoms with Gasteiger partial charge >= 0.3 is 0 Å². The Labute approximate surface area is 89.9 Å². The van der Waals surface area contributed by atoms with Crippen LogP contribution in [0.5, 0.6) is 0 Å². The van der Waals surface area contributed by atoms with Crippen molar-refractivity contribution in [2.45, 2.75) is 33.1 Å². The smallest absolute Gasteiger partial charge is 0.137 e. The van der Waals surface area contributed by atoms with E-state index in [1.807, 2.05) is 18.3 Å². The molecule has 0 unspecified atom stereocenters. The SMILES string of the molecule is Cc1c(C(C)(C)C)nc2ccc(N)cn12. The highest BCUT2D eigenvalue weighted by molar-refractivity contribution is 5.50. The van der Waals surface area contributed by atoms with Gasteiger partial charge in [0.25, 0.3) is 0 Å². The van der Waals surface area contributed by atoms with Crippen molar-refractivity contribution in [3.63, 3.8) is 0 Å². The number of imidazole rings is 1. The van der Waals surface area contributed by atoms with Crippen LogP contribution in [0, 0.1) is 6.92 Å². The molecule has 2 N–H and O–H groups in total. The fourth-order valence-electron chi connectivity index (χ4n) is 1.89. The van der Waals surface area contributed by atoms with Gasteiger partial charge in [-0.05, 0) is 19.1 Å². The summed E-state index contributed by atoms with van der Waals surface area (Å²) in [6, 6.07) is 3.84. The highest BCUT2D eigenvalue weighted by Crippen LogP contribution is 2.25. The second-order valence-corrected chi connectivity index (χ2v) is 4.99. The zero-order chi connectivity index (χ0) is 11.2. The van der Waals surface area contributed by atoms with Gasteiger partial charge in [-0.15, -0.1) is 0 Å². The largest absolute Gasteiger partial charge is 0.398 e. The Balaban J connectivity index is 2.76. The molecule has 2 heterocycles. The molecule has 0 aliphatic heterocycles. The fourth-order valence-corrected chi connectivity index (χ4v) is 1.89. The molecule has 0 aliphatic rings. The van der Waals surface area contributed by atoms with Crippen LogP contribution in [0.3, 0.4) is 0 Å². The number of fused-ring (bicyclic) bond motifs is 1. The van der Waals surface area contributed by atoms with Crippen LogP contribution in [0.15, 0.2) is 18.3 Å². The Morgan fingerprint density at radius 2 is 1.93 bits per heavy atom. The van der Waals surface area contributed by atoms with Gasteiger partial charge in [-0.2, -0.15) is 0 Å². The number of anilines is 1. The maximum absolute atomic E-state index is 5.76. The summed E-state index contributed by atoms with van der Waals surface area (Å²) in [6.07, 6.45) is 1.92. The highest BCUT2D eigenvalue weighted by Gasteiger charge is 2.21. The molecule has 2 aromatic heterocycles. The number of nitrogen functional groups attached to an aromatic ring is 1. The third kappa shape index (κ3) is 1.58. The summed E-state index contributed by atoms with van der Waals surface area (Å²) >= 11 is 0. The lowest BCUT2D eigenvalue weighted by molar-refractivity contribution is 0.568. The van der Waals surface area contributed by atoms with Crippen LogP contribution in [0.1, 0.15) is 32.2 Å². The number of aryl methyl sites for hydroxylation is 1. The van der Waals surface area contributed by atoms with Crippen molar-refractivity contribution in [1.29, 1.82) is 0 Å². The minimum atomic E-state index is 0.0743. The van der Waals surface area contributed by atoms with Crippen molar-refractivity contribution >= 4 is 11.3 Å². The van der Waals surface area contributed by atoms with Crippen molar-refractivity contribution in [3.05, 3.63) is 29.7 Å². The molecular weight excluding hydrogens is 186 g/mol. The van der Waals surface area contributed by atoms with Crippen LogP contribution in [0.25, 0.3) is 5.65 Å². The molecule has 0 aliphatic carbocycles. The first kappa shape index (κ1) is 10.0. The molecule has 0 atom stereocenters. The molecule has 80 valence electrons. The van der Waals surface area contributed by atoms with E-state index >= 15 is 0 Å². The molecule has 0 bridgehead atoms. The van der Waals surface area contributed by atoms with Gasteiger partial charge in [-0.1, -0.05) is 20.8 Å². The summed E-state index contributed by atoms with van der Waals surface area (Å²) in [7, 11) is 0. The topological polar surface area (TPSA) is 43.3 Å². The van der Waals surface area contributed by atoms with E-state index in [-0.39, 0.29) is 5.41 Å². The molecular formula is C12H17N3. The molecule has 0 amide bonds. The standard InChI is InChI=1S/C12H17N3/c1-8-11(12(2,3)4)14-10-6-5-9(13)7-15(8)10/h5-7H,13H2,1-4H3. The molecule has 2 rings (SSSR count). The summed E-state index contributed by atoms with van der Waals surface area (Å²) in [6.45, 7) is 8.60. The molecule has 2 aromatic rings. The predicted molar refractivity (Wildman–Crippen MR) is 63.0 cm³/mol. The summed E-state index contributed by atoms with van der Waals surface area (Å²) in [5, 5.41) is 0. The van der Waals surface area contributed by atoms with Crippen molar-refractivity contribution < 1.29 is 0 Å². The lowest BCUT2D eigenvalue weighted by Crippen LogP contribution is -2.13. The van der Waals surface area contributed by atoms with E-state index < -0.39 is 0 Å². The molecule has 3 nitrogen and oxygen atoms in total. The van der Waals surface area contributed by atoms with Gasteiger partial charge in [-0.3, -0.25) is 0 Å². The molecule has 0 radical (unpaired) electrons. The lowest BCUT2D eigenvalue weighted by atomic mass is 9.91. The molecule has 15 heavy (non-hydrogen) atoms. The van der Waals surface area contributed by atoms with Crippen LogP contribution >= 0.6 is 0 Å². The van der Waals surface area contributed by atoms with E-state index in [0.717, 1.165) is 17.0 Å². The Kier molecular flexibility index (Phi) is 2.00. The van der Waals surface area contributed by atoms with Crippen LogP contribution in [-0.4, -0.2) is 9.38 Å². The van der Waals surface area contributed by atoms with Crippen molar-refractivity contribution in [2.24, 2.45) is 0 Å². The fraction of sp³-hybridized carbons (Fsp3) is 0.417. The van der Waals surface area contributed by atoms with Crippen molar-refractivity contribution in [2.75, 3.05) is 5.73 Å². The zero-order valence-corrected chi connectivity index (χ0v) is 9.70. The van der Waals surface area contributed by atoms with E-state index in [4.69, 9.17) is 5.73 Å². The van der Waals surface area contributed by atoms with Crippen LogP contribution < -0.4 is 5.73 Å². The number of nitrogens with two attached hydrogens (primary N) is 1. The molecule has 0 spiro atoms. The quantitative estimate of drug-likeness (QED) is 0.715. The average molecular weight is 203 g/mol. The minimum absolute atomic E-state index is 0.0743. The van der Waals surface area contributed by atoms with Crippen molar-refractivity contribution in [3.8, 4) is 0 Å². The predicted octanol–water partition coefficient (Wildman–Crippen LogP) is 2.52. The number of hydrogen-bond acceptors (Lipinski definition) is 2. The van der Waals surface area contributed by atoms with Gasteiger partial charge in [0.15, 0.2) is 0 Å². The minimum Gasteiger partial charge on any atom is -0.398 e. The van der Waals surface area contributed by atoms with E-state index in [9.17, 15) is 0 Å². The first-order valence-corrected chi connectivity index (χ1v) is 5.14. The molecule has 0 saturated heterocycles. The second-order valence-electron chi connectivity index (χ2n) is 4.99. The molecule has 0 saturated carbocycles. The van der Waals surface area contributed by atoms with Crippen LogP contribution in [-0.2, 0) is 5.41 Å². The van der Waals surface area contributed by atoms with E-state index in [1.54, 1.807) is 0 Å². The monoisotopic (exact) mass is 203 g/mol. The van der Waals surface area contributed by atoms with E-state index in [2.05, 4.69) is 37.1 Å². The van der Waals surface area contributed by atoms with Gasteiger partial charge in [0.1, 0.15) is 5.65 Å². The van der Waals surface area contributed by atoms with Crippen LogP contribution in [0.4, 0.5) is 5.69 Å². The summed E-state index contributed by atoms with van der Waals surface area (Å²) in [5.41, 5.74) is 9.87. The van der Waals surface area contributed by atoms with Crippen LogP contribution in [0.2, 0.25) is 0 Å². The lowest BCUT2D eigenvalue weighted by Gasteiger charge is -2.16. The first-order valence-electron chi connectivity index (χ1n) is 5.14. The number of nitrogens with zero attached hydrogens (tertiary/aromatic N) is 2. The average Bonchev–Trinajstić information content (AvgIpc) is 2.43. The third-order valence-electron chi connectivity index (χ3n) is 2.59. The van der Waals surface area contributed by atoms with Gasteiger partial charge < -0.3 is 10.1 Å². The summed E-state index contributed by atoms with van der Waals surface area (Å²) in [5.74, 6) is 0. The van der Waals surface area contributed by atoms with Gasteiger partial charge in [0, 0.05) is 23.0 Å². The Bertz CT molecular complexity index is 503. The summed E-state index contributed by atoms with van der Waals surface area (Å²) in [4.78, 5) is 4.63. The first-order chi connectivity index (χ1) is 6.89. The molecule has 0 aromatic carbocycles. The summed E-state index contributed by atoms with van der Waals surface area (Å²) < 4.78 is 2.05. The number of rotatable bonds is 0. The Morgan fingerprint density at radius 1 is 1.27 bits per heavy atom. The zero-order valence-electron chi connectivity index (χ0n) is 9.70. The maximum atomic E-state index is 5.76. The number of aromatic nitrogens is 2. The molecule has 3 heteroatoms. The Hall–Kier alpha value is -1.51. The number of hydrogen-bond donors (Lipinski definition) is 1. The second kappa shape index (κ2) is 2.99. The molecule has 0 fully saturated rings. The number of pyridine rings is 1. The van der Waals surface area contributed by atoms with Gasteiger partial charge in [-0.25, -0.2) is 4.98 Å². The van der Waals surface area contributed by atoms with Gasteiger partial charge in [0.2, 0.25) is 0 Å². The van der Waals surface area contributed by atoms with Crippen molar-refractivity contribution in [1.82, 2.24) is 9.38 Å². The highest BCUT2D eigenvalue weighted by atomic mass is 15.0. The van der Waals surface area contributed by atoms with Gasteiger partial charge in [0.05, 0.1) is 5.69 Å². The maximum Gasteiger partial charge on any atom is 0.137 e. The normalized spacial score (nSPS) is 12.3. The Morgan fingerprint density at radius 3 is 2.53 bits per heavy atom.